The first-order chi connectivity index (χ1) is 12.0. The lowest BCUT2D eigenvalue weighted by Crippen LogP contribution is -2.31. The van der Waals surface area contributed by atoms with Crippen molar-refractivity contribution in [1.29, 1.82) is 0 Å². The van der Waals surface area contributed by atoms with E-state index in [0.717, 1.165) is 25.9 Å². The topological polar surface area (TPSA) is 93.7 Å². The molecular formula is C17H28N2O5S. The van der Waals surface area contributed by atoms with Gasteiger partial charge in [-0.2, -0.15) is 0 Å². The molecule has 0 radical (unpaired) electrons. The number of carbonyl (C=O) groups is 1. The Morgan fingerprint density at radius 1 is 1.08 bits per heavy atom. The predicted octanol–water partition coefficient (Wildman–Crippen LogP) is 1.69. The van der Waals surface area contributed by atoms with Crippen molar-refractivity contribution in [3.63, 3.8) is 0 Å². The minimum absolute atomic E-state index is 0.0488. The van der Waals surface area contributed by atoms with Crippen LogP contribution in [0.15, 0.2) is 29.2 Å². The molecule has 8 heteroatoms. The highest BCUT2D eigenvalue weighted by atomic mass is 32.2. The molecule has 1 amide bonds. The van der Waals surface area contributed by atoms with Crippen LogP contribution in [0.25, 0.3) is 0 Å². The van der Waals surface area contributed by atoms with Crippen LogP contribution in [0.5, 0.6) is 5.75 Å². The molecule has 0 saturated carbocycles. The van der Waals surface area contributed by atoms with Gasteiger partial charge in [-0.15, -0.1) is 0 Å². The van der Waals surface area contributed by atoms with Crippen LogP contribution in [0.3, 0.4) is 0 Å². The molecule has 0 aromatic heterocycles. The summed E-state index contributed by atoms with van der Waals surface area (Å²) in [4.78, 5) is 11.8. The summed E-state index contributed by atoms with van der Waals surface area (Å²) in [5, 5.41) is 2.74. The van der Waals surface area contributed by atoms with Crippen LogP contribution in [-0.4, -0.2) is 47.7 Å². The first kappa shape index (κ1) is 21.4. The summed E-state index contributed by atoms with van der Waals surface area (Å²) in [5.41, 5.74) is 0. The van der Waals surface area contributed by atoms with E-state index in [2.05, 4.69) is 17.0 Å². The number of ether oxygens (including phenoxy) is 2. The molecule has 142 valence electrons. The number of rotatable bonds is 13. The first-order valence-electron chi connectivity index (χ1n) is 8.47. The summed E-state index contributed by atoms with van der Waals surface area (Å²) in [5.74, 6) is 0.392. The van der Waals surface area contributed by atoms with Crippen molar-refractivity contribution in [2.24, 2.45) is 0 Å². The van der Waals surface area contributed by atoms with Gasteiger partial charge >= 0.3 is 0 Å². The number of carbonyl (C=O) groups excluding carboxylic acids is 1. The van der Waals surface area contributed by atoms with E-state index in [9.17, 15) is 13.2 Å². The fourth-order valence-corrected chi connectivity index (χ4v) is 3.01. The third-order valence-corrected chi connectivity index (χ3v) is 4.92. The molecule has 0 atom stereocenters. The number of sulfonamides is 1. The smallest absolute Gasteiger partial charge is 0.240 e. The summed E-state index contributed by atoms with van der Waals surface area (Å²) >= 11 is 0. The Kier molecular flexibility index (Phi) is 10.1. The van der Waals surface area contributed by atoms with Gasteiger partial charge < -0.3 is 14.8 Å². The number of benzene rings is 1. The Hall–Kier alpha value is -1.64. The first-order valence-corrected chi connectivity index (χ1v) is 9.96. The molecule has 1 aromatic carbocycles. The number of nitrogens with one attached hydrogen (secondary N) is 2. The normalized spacial score (nSPS) is 11.3. The number of hydrogen-bond acceptors (Lipinski definition) is 5. The average molecular weight is 372 g/mol. The minimum atomic E-state index is -3.62. The molecule has 0 aliphatic rings. The molecule has 1 rings (SSSR count). The maximum Gasteiger partial charge on any atom is 0.240 e. The summed E-state index contributed by atoms with van der Waals surface area (Å²) in [6, 6.07) is 6.06. The zero-order valence-electron chi connectivity index (χ0n) is 14.9. The Morgan fingerprint density at radius 3 is 2.40 bits per heavy atom. The fraction of sp³-hybridized carbons (Fsp3) is 0.588. The number of amides is 1. The van der Waals surface area contributed by atoms with Crippen LogP contribution in [0, 0.1) is 0 Å². The van der Waals surface area contributed by atoms with E-state index in [0.29, 0.717) is 18.9 Å². The highest BCUT2D eigenvalue weighted by Gasteiger charge is 2.14. The minimum Gasteiger partial charge on any atom is -0.497 e. The SMILES string of the molecule is CCCCOCCCNC(=O)CCNS(=O)(=O)c1ccc(OC)cc1. The van der Waals surface area contributed by atoms with Gasteiger partial charge in [0.2, 0.25) is 15.9 Å². The quantitative estimate of drug-likeness (QED) is 0.514. The summed E-state index contributed by atoms with van der Waals surface area (Å²) < 4.78 is 37.0. The van der Waals surface area contributed by atoms with Crippen LogP contribution in [0.1, 0.15) is 32.6 Å². The maximum atomic E-state index is 12.1. The van der Waals surface area contributed by atoms with Crippen molar-refractivity contribution >= 4 is 15.9 Å². The molecule has 0 unspecified atom stereocenters. The van der Waals surface area contributed by atoms with Gasteiger partial charge in [0.25, 0.3) is 0 Å². The van der Waals surface area contributed by atoms with Crippen LogP contribution < -0.4 is 14.8 Å². The molecule has 25 heavy (non-hydrogen) atoms. The second kappa shape index (κ2) is 11.8. The Morgan fingerprint density at radius 2 is 1.76 bits per heavy atom. The van der Waals surface area contributed by atoms with Crippen molar-refractivity contribution < 1.29 is 22.7 Å². The molecule has 0 bridgehead atoms. The number of unbranched alkanes of at least 4 members (excludes halogenated alkanes) is 1. The lowest BCUT2D eigenvalue weighted by Gasteiger charge is -2.08. The zero-order chi connectivity index (χ0) is 18.5. The van der Waals surface area contributed by atoms with E-state index in [-0.39, 0.29) is 23.8 Å². The second-order valence-corrected chi connectivity index (χ2v) is 7.26. The van der Waals surface area contributed by atoms with Gasteiger partial charge in [-0.1, -0.05) is 13.3 Å². The zero-order valence-corrected chi connectivity index (χ0v) is 15.7. The molecule has 0 spiro atoms. The van der Waals surface area contributed by atoms with Crippen molar-refractivity contribution in [1.82, 2.24) is 10.0 Å². The van der Waals surface area contributed by atoms with E-state index < -0.39 is 10.0 Å². The Bertz CT molecular complexity index is 602. The van der Waals surface area contributed by atoms with Gasteiger partial charge in [-0.3, -0.25) is 4.79 Å². The molecule has 0 heterocycles. The van der Waals surface area contributed by atoms with Crippen LogP contribution in [-0.2, 0) is 19.6 Å². The highest BCUT2D eigenvalue weighted by Crippen LogP contribution is 2.15. The third kappa shape index (κ3) is 8.85. The molecule has 7 nitrogen and oxygen atoms in total. The lowest BCUT2D eigenvalue weighted by atomic mass is 10.3. The monoisotopic (exact) mass is 372 g/mol. The molecule has 1 aromatic rings. The summed E-state index contributed by atoms with van der Waals surface area (Å²) in [6.45, 7) is 4.04. The van der Waals surface area contributed by atoms with Gasteiger partial charge in [0.1, 0.15) is 5.75 Å². The van der Waals surface area contributed by atoms with Gasteiger partial charge in [0, 0.05) is 32.7 Å². The predicted molar refractivity (Wildman–Crippen MR) is 96.2 cm³/mol. The molecule has 0 saturated heterocycles. The van der Waals surface area contributed by atoms with Crippen LogP contribution in [0.2, 0.25) is 0 Å². The highest BCUT2D eigenvalue weighted by molar-refractivity contribution is 7.89. The van der Waals surface area contributed by atoms with Gasteiger partial charge in [-0.05, 0) is 37.1 Å². The molecule has 2 N–H and O–H groups in total. The van der Waals surface area contributed by atoms with E-state index in [1.807, 2.05) is 0 Å². The van der Waals surface area contributed by atoms with E-state index >= 15 is 0 Å². The van der Waals surface area contributed by atoms with Crippen molar-refractivity contribution in [2.75, 3.05) is 33.4 Å². The Balaban J connectivity index is 2.21. The van der Waals surface area contributed by atoms with Crippen LogP contribution >= 0.6 is 0 Å². The van der Waals surface area contributed by atoms with Gasteiger partial charge in [0.15, 0.2) is 0 Å². The maximum absolute atomic E-state index is 12.1. The third-order valence-electron chi connectivity index (χ3n) is 3.44. The molecule has 0 fully saturated rings. The second-order valence-electron chi connectivity index (χ2n) is 5.49. The van der Waals surface area contributed by atoms with Crippen molar-refractivity contribution in [3.8, 4) is 5.75 Å². The molecular weight excluding hydrogens is 344 g/mol. The average Bonchev–Trinajstić information content (AvgIpc) is 2.61. The standard InChI is InChI=1S/C17H28N2O5S/c1-3-4-13-24-14-5-11-18-17(20)10-12-19-25(21,22)16-8-6-15(23-2)7-9-16/h6-9,19H,3-5,10-14H2,1-2H3,(H,18,20). The lowest BCUT2D eigenvalue weighted by molar-refractivity contribution is -0.120. The molecule has 0 aliphatic carbocycles. The summed E-state index contributed by atoms with van der Waals surface area (Å²) in [6.07, 6.45) is 2.98. The van der Waals surface area contributed by atoms with E-state index in [4.69, 9.17) is 9.47 Å². The van der Waals surface area contributed by atoms with Crippen molar-refractivity contribution in [2.45, 2.75) is 37.5 Å². The van der Waals surface area contributed by atoms with Crippen molar-refractivity contribution in [3.05, 3.63) is 24.3 Å². The molecule has 0 aliphatic heterocycles. The van der Waals surface area contributed by atoms with E-state index in [1.54, 1.807) is 12.1 Å². The largest absolute Gasteiger partial charge is 0.497 e. The number of methoxy groups -OCH3 is 1. The van der Waals surface area contributed by atoms with E-state index in [1.165, 1.54) is 19.2 Å². The van der Waals surface area contributed by atoms with Gasteiger partial charge in [-0.25, -0.2) is 13.1 Å². The van der Waals surface area contributed by atoms with Gasteiger partial charge in [0.05, 0.1) is 12.0 Å². The fourth-order valence-electron chi connectivity index (χ4n) is 1.98. The number of hydrogen-bond donors (Lipinski definition) is 2. The van der Waals surface area contributed by atoms with Crippen LogP contribution in [0.4, 0.5) is 0 Å². The Labute approximate surface area is 150 Å². The summed E-state index contributed by atoms with van der Waals surface area (Å²) in [7, 11) is -2.11.